The second-order valence-electron chi connectivity index (χ2n) is 9.81. The maximum absolute atomic E-state index is 12.6. The summed E-state index contributed by atoms with van der Waals surface area (Å²) < 4.78 is 1.50. The van der Waals surface area contributed by atoms with Crippen LogP contribution >= 0.6 is 35.0 Å². The lowest BCUT2D eigenvalue weighted by atomic mass is 10.0. The lowest BCUT2D eigenvalue weighted by molar-refractivity contribution is -0.146. The molecule has 1 aromatic heterocycles. The fraction of sp³-hybridized carbons (Fsp3) is 0.333. The second-order valence-corrected chi connectivity index (χ2v) is 11.6. The number of amides is 2. The number of carbonyl (C=O) groups excluding carboxylic acids is 2. The molecule has 3 aromatic rings. The number of rotatable bonds is 9. The first-order chi connectivity index (χ1) is 18.9. The van der Waals surface area contributed by atoms with Crippen LogP contribution in [0.4, 0.5) is 5.69 Å². The van der Waals surface area contributed by atoms with Crippen LogP contribution in [0.2, 0.25) is 10.0 Å². The molecule has 10 nitrogen and oxygen atoms in total. The molecule has 1 saturated carbocycles. The molecular weight excluding hydrogens is 575 g/mol. The Hall–Kier alpha value is -3.59. The van der Waals surface area contributed by atoms with Gasteiger partial charge in [-0.15, -0.1) is 5.10 Å². The summed E-state index contributed by atoms with van der Waals surface area (Å²) in [6, 6.07) is 10.7. The fourth-order valence-electron chi connectivity index (χ4n) is 3.58. The van der Waals surface area contributed by atoms with Crippen LogP contribution in [-0.2, 0) is 14.4 Å². The molecule has 2 amide bonds. The zero-order valence-corrected chi connectivity index (χ0v) is 24.2. The van der Waals surface area contributed by atoms with Crippen molar-refractivity contribution in [1.29, 1.82) is 0 Å². The van der Waals surface area contributed by atoms with Crippen LogP contribution in [0.1, 0.15) is 50.7 Å². The summed E-state index contributed by atoms with van der Waals surface area (Å²) in [6.07, 6.45) is 2.34. The number of tetrazole rings is 1. The Balaban J connectivity index is 1.35. The number of hydrogen-bond acceptors (Lipinski definition) is 7. The van der Waals surface area contributed by atoms with E-state index >= 15 is 0 Å². The number of halogens is 2. The molecule has 1 atom stereocenters. The second kappa shape index (κ2) is 12.3. The van der Waals surface area contributed by atoms with Crippen molar-refractivity contribution in [2.24, 2.45) is 5.92 Å². The van der Waals surface area contributed by atoms with Gasteiger partial charge < -0.3 is 15.7 Å². The first-order valence-electron chi connectivity index (χ1n) is 12.3. The Kier molecular flexibility index (Phi) is 9.03. The van der Waals surface area contributed by atoms with Gasteiger partial charge in [0.15, 0.2) is 0 Å². The molecule has 2 aromatic carbocycles. The predicted molar refractivity (Wildman–Crippen MR) is 153 cm³/mol. The summed E-state index contributed by atoms with van der Waals surface area (Å²) >= 11 is 14.0. The molecule has 0 saturated heterocycles. The van der Waals surface area contributed by atoms with Crippen molar-refractivity contribution in [2.75, 3.05) is 11.1 Å². The van der Waals surface area contributed by atoms with Gasteiger partial charge >= 0.3 is 5.97 Å². The Bertz CT molecular complexity index is 1530. The average Bonchev–Trinajstić information content (AvgIpc) is 3.65. The highest BCUT2D eigenvalue weighted by Gasteiger charge is 2.26. The summed E-state index contributed by atoms with van der Waals surface area (Å²) in [5, 5.41) is 27.4. The van der Waals surface area contributed by atoms with Crippen molar-refractivity contribution in [3.8, 4) is 17.5 Å². The SMILES string of the molecule is CC(C(=O)O)C(=O)NC(C)(C)C#Cc1ccc(NC(=O)CSc2nnnn2-c2ccc(C3CC3)cc2Cl)c(Cl)c1. The summed E-state index contributed by atoms with van der Waals surface area (Å²) in [7, 11) is 0. The van der Waals surface area contributed by atoms with E-state index in [1.165, 1.54) is 30.0 Å². The molecule has 13 heteroatoms. The van der Waals surface area contributed by atoms with Crippen molar-refractivity contribution >= 4 is 58.4 Å². The molecule has 0 aliphatic heterocycles. The normalized spacial score (nSPS) is 13.6. The molecular formula is C27H26Cl2N6O4S. The standard InChI is InChI=1S/C27H26Cl2N6O4S/c1-15(25(38)39)24(37)31-27(2,3)11-10-16-4-8-21(19(28)12-16)30-23(36)14-40-26-32-33-34-35(26)22-9-7-18(13-20(22)29)17-5-6-17/h4,7-9,12-13,15,17H,5-6,14H2,1-3H3,(H,30,36)(H,31,37)(H,38,39). The Morgan fingerprint density at radius 1 is 1.18 bits per heavy atom. The molecule has 40 heavy (non-hydrogen) atoms. The summed E-state index contributed by atoms with van der Waals surface area (Å²) in [4.78, 5) is 35.7. The van der Waals surface area contributed by atoms with Crippen molar-refractivity contribution in [3.05, 3.63) is 57.6 Å². The highest BCUT2D eigenvalue weighted by Crippen LogP contribution is 2.41. The van der Waals surface area contributed by atoms with Gasteiger partial charge in [-0.3, -0.25) is 14.4 Å². The lowest BCUT2D eigenvalue weighted by Crippen LogP contribution is -2.46. The van der Waals surface area contributed by atoms with Crippen LogP contribution in [0.5, 0.6) is 0 Å². The van der Waals surface area contributed by atoms with Gasteiger partial charge in [0.1, 0.15) is 5.92 Å². The number of nitrogens with one attached hydrogen (secondary N) is 2. The number of carboxylic acid groups (broad SMARTS) is 1. The van der Waals surface area contributed by atoms with E-state index in [9.17, 15) is 14.4 Å². The minimum atomic E-state index is -1.22. The molecule has 1 heterocycles. The van der Waals surface area contributed by atoms with Gasteiger partial charge in [-0.05, 0) is 85.9 Å². The predicted octanol–water partition coefficient (Wildman–Crippen LogP) is 4.54. The number of aliphatic carboxylic acids is 1. The number of benzene rings is 2. The van der Waals surface area contributed by atoms with Crippen LogP contribution in [0.25, 0.3) is 5.69 Å². The lowest BCUT2D eigenvalue weighted by Gasteiger charge is -2.21. The zero-order valence-electron chi connectivity index (χ0n) is 21.9. The number of nitrogens with zero attached hydrogens (tertiary/aromatic N) is 4. The molecule has 1 aliphatic rings. The third kappa shape index (κ3) is 7.53. The Morgan fingerprint density at radius 2 is 1.93 bits per heavy atom. The van der Waals surface area contributed by atoms with Gasteiger partial charge in [0.25, 0.3) is 0 Å². The summed E-state index contributed by atoms with van der Waals surface area (Å²) in [6.45, 7) is 4.62. The van der Waals surface area contributed by atoms with Crippen molar-refractivity contribution in [1.82, 2.24) is 25.5 Å². The monoisotopic (exact) mass is 600 g/mol. The van der Waals surface area contributed by atoms with E-state index < -0.39 is 23.3 Å². The van der Waals surface area contributed by atoms with Crippen LogP contribution < -0.4 is 10.6 Å². The molecule has 0 radical (unpaired) electrons. The number of carboxylic acids is 1. The molecule has 1 aliphatic carbocycles. The maximum atomic E-state index is 12.6. The Labute approximate surface area is 245 Å². The number of anilines is 1. The molecule has 3 N–H and O–H groups in total. The molecule has 4 rings (SSSR count). The topological polar surface area (TPSA) is 139 Å². The van der Waals surface area contributed by atoms with Crippen molar-refractivity contribution in [2.45, 2.75) is 50.2 Å². The van der Waals surface area contributed by atoms with Crippen LogP contribution in [-0.4, -0.2) is 54.4 Å². The molecule has 208 valence electrons. The third-order valence-corrected chi connectivity index (χ3v) is 7.52. The largest absolute Gasteiger partial charge is 0.481 e. The van der Waals surface area contributed by atoms with Gasteiger partial charge in [-0.25, -0.2) is 0 Å². The zero-order chi connectivity index (χ0) is 29.0. The smallest absolute Gasteiger partial charge is 0.315 e. The fourth-order valence-corrected chi connectivity index (χ4v) is 4.76. The molecule has 0 spiro atoms. The highest BCUT2D eigenvalue weighted by atomic mass is 35.5. The first-order valence-corrected chi connectivity index (χ1v) is 14.1. The van der Waals surface area contributed by atoms with Gasteiger partial charge in [-0.2, -0.15) is 4.68 Å². The first kappa shape index (κ1) is 29.4. The van der Waals surface area contributed by atoms with E-state index in [0.717, 1.165) is 11.8 Å². The number of thioether (sulfide) groups is 1. The van der Waals surface area contributed by atoms with E-state index in [4.69, 9.17) is 28.3 Å². The van der Waals surface area contributed by atoms with E-state index in [1.54, 1.807) is 32.0 Å². The van der Waals surface area contributed by atoms with Crippen molar-refractivity contribution in [3.63, 3.8) is 0 Å². The van der Waals surface area contributed by atoms with Gasteiger partial charge in [-0.1, -0.05) is 52.9 Å². The van der Waals surface area contributed by atoms with Crippen LogP contribution in [0, 0.1) is 17.8 Å². The van der Waals surface area contributed by atoms with E-state index in [0.29, 0.717) is 33.0 Å². The number of carbonyl (C=O) groups is 3. The van der Waals surface area contributed by atoms with E-state index in [-0.39, 0.29) is 16.7 Å². The third-order valence-electron chi connectivity index (χ3n) is 5.98. The Morgan fingerprint density at radius 3 is 2.58 bits per heavy atom. The number of aromatic nitrogens is 4. The summed E-state index contributed by atoms with van der Waals surface area (Å²) in [5.74, 6) is 3.05. The van der Waals surface area contributed by atoms with E-state index in [1.807, 2.05) is 18.2 Å². The van der Waals surface area contributed by atoms with Crippen molar-refractivity contribution < 1.29 is 19.5 Å². The molecule has 1 unspecified atom stereocenters. The van der Waals surface area contributed by atoms with Gasteiger partial charge in [0.05, 0.1) is 32.7 Å². The number of hydrogen-bond donors (Lipinski definition) is 3. The van der Waals surface area contributed by atoms with Gasteiger partial charge in [0, 0.05) is 5.56 Å². The quantitative estimate of drug-likeness (QED) is 0.185. The van der Waals surface area contributed by atoms with Crippen LogP contribution in [0.15, 0.2) is 41.6 Å². The summed E-state index contributed by atoms with van der Waals surface area (Å²) in [5.41, 5.74) is 1.81. The highest BCUT2D eigenvalue weighted by molar-refractivity contribution is 7.99. The van der Waals surface area contributed by atoms with Crippen LogP contribution in [0.3, 0.4) is 0 Å². The van der Waals surface area contributed by atoms with Gasteiger partial charge in [0.2, 0.25) is 17.0 Å². The average molecular weight is 602 g/mol. The molecule has 1 fully saturated rings. The minimum absolute atomic E-state index is 0.0265. The molecule has 0 bridgehead atoms. The maximum Gasteiger partial charge on any atom is 0.315 e. The van der Waals surface area contributed by atoms with E-state index in [2.05, 4.69) is 38.0 Å². The minimum Gasteiger partial charge on any atom is -0.481 e.